The van der Waals surface area contributed by atoms with E-state index in [1.807, 2.05) is 6.92 Å². The largest absolute Gasteiger partial charge is 0.416 e. The van der Waals surface area contributed by atoms with Crippen molar-refractivity contribution in [2.45, 2.75) is 62.6 Å². The summed E-state index contributed by atoms with van der Waals surface area (Å²) in [5.41, 5.74) is -0.747. The molecule has 6 rings (SSSR count). The number of nitrogens with zero attached hydrogens (tertiary/aromatic N) is 6. The normalized spacial score (nSPS) is 24.6. The highest BCUT2D eigenvalue weighted by molar-refractivity contribution is 5.89. The zero-order valence-corrected chi connectivity index (χ0v) is 20.4. The molecule has 2 N–H and O–H groups in total. The summed E-state index contributed by atoms with van der Waals surface area (Å²) in [6.07, 6.45) is -1.54. The maximum Gasteiger partial charge on any atom is 0.416 e. The molecule has 0 bridgehead atoms. The van der Waals surface area contributed by atoms with Crippen LogP contribution in [0.15, 0.2) is 30.5 Å². The fraction of sp³-hybridized carbons (Fsp3) is 0.560. The molecule has 0 spiro atoms. The van der Waals surface area contributed by atoms with Gasteiger partial charge in [-0.15, -0.1) is 0 Å². The fourth-order valence-electron chi connectivity index (χ4n) is 5.28. The minimum Gasteiger partial charge on any atom is -0.390 e. The molecule has 4 heterocycles. The molecular formula is C25H29F4N7O. The van der Waals surface area contributed by atoms with Crippen LogP contribution in [0, 0.1) is 0 Å². The third kappa shape index (κ3) is 4.72. The van der Waals surface area contributed by atoms with Crippen LogP contribution in [-0.2, 0) is 6.18 Å². The molecule has 2 aromatic heterocycles. The van der Waals surface area contributed by atoms with E-state index >= 15 is 0 Å². The summed E-state index contributed by atoms with van der Waals surface area (Å²) in [5.74, 6) is 0.965. The van der Waals surface area contributed by atoms with Gasteiger partial charge < -0.3 is 15.3 Å². The Hall–Kier alpha value is -2.99. The number of aromatic nitrogens is 4. The van der Waals surface area contributed by atoms with E-state index in [4.69, 9.17) is 4.98 Å². The van der Waals surface area contributed by atoms with Crippen LogP contribution in [-0.4, -0.2) is 79.8 Å². The Morgan fingerprint density at radius 2 is 1.84 bits per heavy atom. The highest BCUT2D eigenvalue weighted by Crippen LogP contribution is 2.35. The molecule has 0 unspecified atom stereocenters. The van der Waals surface area contributed by atoms with E-state index in [-0.39, 0.29) is 11.7 Å². The third-order valence-corrected chi connectivity index (χ3v) is 7.79. The van der Waals surface area contributed by atoms with E-state index in [2.05, 4.69) is 25.2 Å². The first-order valence-corrected chi connectivity index (χ1v) is 12.6. The van der Waals surface area contributed by atoms with Gasteiger partial charge in [0, 0.05) is 38.3 Å². The van der Waals surface area contributed by atoms with Gasteiger partial charge in [-0.05, 0) is 50.8 Å². The maximum absolute atomic E-state index is 13.4. The lowest BCUT2D eigenvalue weighted by molar-refractivity contribution is -0.137. The molecule has 12 heteroatoms. The third-order valence-electron chi connectivity index (χ3n) is 7.79. The van der Waals surface area contributed by atoms with E-state index in [1.54, 1.807) is 12.3 Å². The van der Waals surface area contributed by atoms with E-state index in [0.717, 1.165) is 51.2 Å². The van der Waals surface area contributed by atoms with Crippen LogP contribution in [0.5, 0.6) is 0 Å². The van der Waals surface area contributed by atoms with Gasteiger partial charge in [-0.25, -0.2) is 9.07 Å². The zero-order chi connectivity index (χ0) is 25.9. The number of anilines is 2. The SMILES string of the molecule is CC1(O)CCN(C2CN(c3nc(N[C@H]4C[C@@H](F)C4)nc4c3cnn4-c3cccc(C(F)(F)F)c3)C2)CC1. The van der Waals surface area contributed by atoms with Crippen molar-refractivity contribution in [1.82, 2.24) is 24.6 Å². The first-order valence-electron chi connectivity index (χ1n) is 12.6. The van der Waals surface area contributed by atoms with Crippen LogP contribution in [0.1, 0.15) is 38.2 Å². The van der Waals surface area contributed by atoms with Crippen LogP contribution >= 0.6 is 0 Å². The van der Waals surface area contributed by atoms with Gasteiger partial charge in [-0.1, -0.05) is 6.07 Å². The second-order valence-corrected chi connectivity index (χ2v) is 10.7. The quantitative estimate of drug-likeness (QED) is 0.497. The van der Waals surface area contributed by atoms with Gasteiger partial charge in [-0.3, -0.25) is 4.90 Å². The minimum absolute atomic E-state index is 0.0875. The molecule has 2 saturated heterocycles. The van der Waals surface area contributed by atoms with Crippen molar-refractivity contribution in [2.24, 2.45) is 0 Å². The maximum atomic E-state index is 13.4. The Morgan fingerprint density at radius 1 is 1.11 bits per heavy atom. The van der Waals surface area contributed by atoms with Crippen molar-refractivity contribution in [1.29, 1.82) is 0 Å². The molecule has 3 fully saturated rings. The fourth-order valence-corrected chi connectivity index (χ4v) is 5.28. The van der Waals surface area contributed by atoms with Gasteiger partial charge in [0.1, 0.15) is 12.0 Å². The first-order chi connectivity index (χ1) is 17.6. The molecule has 3 aromatic rings. The van der Waals surface area contributed by atoms with Crippen LogP contribution in [0.3, 0.4) is 0 Å². The molecule has 3 aliphatic rings. The van der Waals surface area contributed by atoms with E-state index in [0.29, 0.717) is 41.7 Å². The molecule has 198 valence electrons. The average molecular weight is 520 g/mol. The highest BCUT2D eigenvalue weighted by atomic mass is 19.4. The number of piperidine rings is 1. The Bertz CT molecular complexity index is 1290. The lowest BCUT2D eigenvalue weighted by Gasteiger charge is -2.49. The Kier molecular flexibility index (Phi) is 5.79. The molecule has 1 saturated carbocycles. The average Bonchev–Trinajstić information content (AvgIpc) is 3.22. The number of likely N-dealkylation sites (tertiary alicyclic amines) is 1. The van der Waals surface area contributed by atoms with Gasteiger partial charge in [0.25, 0.3) is 0 Å². The Balaban J connectivity index is 1.31. The number of hydrogen-bond donors (Lipinski definition) is 2. The van der Waals surface area contributed by atoms with Crippen molar-refractivity contribution in [3.63, 3.8) is 0 Å². The molecule has 2 aliphatic heterocycles. The molecule has 0 amide bonds. The van der Waals surface area contributed by atoms with Crippen molar-refractivity contribution in [2.75, 3.05) is 36.4 Å². The monoisotopic (exact) mass is 519 g/mol. The van der Waals surface area contributed by atoms with Crippen molar-refractivity contribution in [3.05, 3.63) is 36.0 Å². The second-order valence-electron chi connectivity index (χ2n) is 10.7. The number of benzene rings is 1. The topological polar surface area (TPSA) is 82.3 Å². The van der Waals surface area contributed by atoms with Crippen LogP contribution in [0.4, 0.5) is 29.3 Å². The molecular weight excluding hydrogens is 490 g/mol. The van der Waals surface area contributed by atoms with Gasteiger partial charge >= 0.3 is 6.18 Å². The number of nitrogens with one attached hydrogen (secondary N) is 1. The highest BCUT2D eigenvalue weighted by Gasteiger charge is 2.38. The predicted octanol–water partition coefficient (Wildman–Crippen LogP) is 3.78. The van der Waals surface area contributed by atoms with Crippen molar-refractivity contribution >= 4 is 22.8 Å². The molecule has 37 heavy (non-hydrogen) atoms. The van der Waals surface area contributed by atoms with Gasteiger partial charge in [0.2, 0.25) is 5.95 Å². The number of fused-ring (bicyclic) bond motifs is 1. The summed E-state index contributed by atoms with van der Waals surface area (Å²) in [5, 5.41) is 18.5. The summed E-state index contributed by atoms with van der Waals surface area (Å²) in [6, 6.07) is 5.21. The first kappa shape index (κ1) is 24.4. The summed E-state index contributed by atoms with van der Waals surface area (Å²) in [6.45, 7) is 5.00. The second kappa shape index (κ2) is 8.80. The van der Waals surface area contributed by atoms with E-state index < -0.39 is 23.5 Å². The summed E-state index contributed by atoms with van der Waals surface area (Å²) >= 11 is 0. The van der Waals surface area contributed by atoms with Crippen LogP contribution in [0.25, 0.3) is 16.7 Å². The lowest BCUT2D eigenvalue weighted by atomic mass is 9.91. The van der Waals surface area contributed by atoms with E-state index in [1.165, 1.54) is 10.7 Å². The van der Waals surface area contributed by atoms with Crippen LogP contribution in [0.2, 0.25) is 0 Å². The van der Waals surface area contributed by atoms with Crippen molar-refractivity contribution < 1.29 is 22.7 Å². The zero-order valence-electron chi connectivity index (χ0n) is 20.4. The Morgan fingerprint density at radius 3 is 2.51 bits per heavy atom. The predicted molar refractivity (Wildman–Crippen MR) is 131 cm³/mol. The van der Waals surface area contributed by atoms with Gasteiger partial charge in [0.05, 0.1) is 28.4 Å². The number of alkyl halides is 4. The number of hydrogen-bond acceptors (Lipinski definition) is 7. The minimum atomic E-state index is -4.48. The number of rotatable bonds is 5. The molecule has 0 atom stereocenters. The lowest BCUT2D eigenvalue weighted by Crippen LogP contribution is -2.62. The van der Waals surface area contributed by atoms with Crippen LogP contribution < -0.4 is 10.2 Å². The number of aliphatic hydroxyl groups is 1. The molecule has 8 nitrogen and oxygen atoms in total. The summed E-state index contributed by atoms with van der Waals surface area (Å²) < 4.78 is 54.8. The summed E-state index contributed by atoms with van der Waals surface area (Å²) in [7, 11) is 0. The smallest absolute Gasteiger partial charge is 0.390 e. The molecule has 1 aromatic carbocycles. The van der Waals surface area contributed by atoms with Gasteiger partial charge in [0.15, 0.2) is 5.65 Å². The van der Waals surface area contributed by atoms with E-state index in [9.17, 15) is 22.7 Å². The van der Waals surface area contributed by atoms with Gasteiger partial charge in [-0.2, -0.15) is 28.2 Å². The summed E-state index contributed by atoms with van der Waals surface area (Å²) in [4.78, 5) is 13.8. The standard InChI is InChI=1S/C25H29F4N7O/c1-24(37)5-7-34(8-6-24)19-13-35(14-19)21-20-12-30-36(18-4-2-3-15(9-18)25(27,28)29)22(20)33-23(32-21)31-17-10-16(26)11-17/h2-4,9,12,16-17,19,37H,5-8,10-11,13-14H2,1H3,(H,31,32,33)/t16-,17+. The Labute approximate surface area is 211 Å². The molecule has 1 aliphatic carbocycles. The number of halogens is 4. The molecule has 0 radical (unpaired) electrons. The van der Waals surface area contributed by atoms with Crippen molar-refractivity contribution in [3.8, 4) is 5.69 Å².